The molecule has 0 atom stereocenters. The number of hydrogen-bond donors (Lipinski definition) is 3. The molecule has 1 aliphatic carbocycles. The molecule has 7 heteroatoms. The molecule has 3 aromatic carbocycles. The molecule has 0 bridgehead atoms. The van der Waals surface area contributed by atoms with E-state index in [1.807, 2.05) is 12.1 Å². The third-order valence-corrected chi connectivity index (χ3v) is 7.10. The van der Waals surface area contributed by atoms with Crippen molar-refractivity contribution in [2.75, 3.05) is 0 Å². The van der Waals surface area contributed by atoms with Crippen LogP contribution in [0, 0.1) is 11.6 Å². The van der Waals surface area contributed by atoms with E-state index in [0.717, 1.165) is 52.6 Å². The Bertz CT molecular complexity index is 1860. The number of carbonyl (C=O) groups excluding carboxylic acids is 1. The first-order valence-corrected chi connectivity index (χ1v) is 13.0. The largest absolute Gasteiger partial charge is 0.354 e. The van der Waals surface area contributed by atoms with Crippen LogP contribution in [0.3, 0.4) is 0 Å². The summed E-state index contributed by atoms with van der Waals surface area (Å²) in [6.07, 6.45) is 10.1. The van der Waals surface area contributed by atoms with E-state index in [-0.39, 0.29) is 17.7 Å². The van der Waals surface area contributed by atoms with Crippen LogP contribution >= 0.6 is 0 Å². The molecule has 1 aliphatic rings. The summed E-state index contributed by atoms with van der Waals surface area (Å²) in [5.74, 6) is -1.79. The molecule has 3 N–H and O–H groups in total. The van der Waals surface area contributed by atoms with E-state index in [1.165, 1.54) is 11.6 Å². The zero-order valence-electron chi connectivity index (χ0n) is 21.4. The second-order valence-electron chi connectivity index (χ2n) is 9.68. The first-order chi connectivity index (χ1) is 19.5. The molecule has 6 rings (SSSR count). The van der Waals surface area contributed by atoms with E-state index >= 15 is 0 Å². The van der Waals surface area contributed by atoms with Gasteiger partial charge in [-0.25, -0.2) is 8.78 Å². The normalized spacial score (nSPS) is 12.9. The molecule has 5 nitrogen and oxygen atoms in total. The van der Waals surface area contributed by atoms with Gasteiger partial charge in [-0.05, 0) is 65.9 Å². The molecule has 0 fully saturated rings. The van der Waals surface area contributed by atoms with Crippen molar-refractivity contribution in [2.45, 2.75) is 19.4 Å². The van der Waals surface area contributed by atoms with Crippen molar-refractivity contribution in [2.24, 2.45) is 0 Å². The second kappa shape index (κ2) is 10.6. The van der Waals surface area contributed by atoms with E-state index in [4.69, 9.17) is 0 Å². The van der Waals surface area contributed by atoms with Gasteiger partial charge in [0.25, 0.3) is 11.5 Å². The maximum Gasteiger partial charge on any atom is 0.257 e. The molecule has 0 radical (unpaired) electrons. The number of nitrogens with one attached hydrogen (secondary N) is 3. The number of carbonyl (C=O) groups is 1. The monoisotopic (exact) mass is 533 g/mol. The number of H-pyrrole nitrogens is 2. The average Bonchev–Trinajstić information content (AvgIpc) is 3.36. The van der Waals surface area contributed by atoms with Crippen molar-refractivity contribution in [3.8, 4) is 22.4 Å². The van der Waals surface area contributed by atoms with Gasteiger partial charge in [-0.1, -0.05) is 48.6 Å². The van der Waals surface area contributed by atoms with Crippen molar-refractivity contribution < 1.29 is 13.6 Å². The van der Waals surface area contributed by atoms with Gasteiger partial charge in [0, 0.05) is 46.4 Å². The molecule has 0 saturated heterocycles. The minimum Gasteiger partial charge on any atom is -0.354 e. The number of aromatic nitrogens is 2. The fourth-order valence-corrected chi connectivity index (χ4v) is 5.05. The van der Waals surface area contributed by atoms with Gasteiger partial charge < -0.3 is 15.3 Å². The van der Waals surface area contributed by atoms with Crippen LogP contribution in [-0.4, -0.2) is 15.9 Å². The van der Waals surface area contributed by atoms with Gasteiger partial charge >= 0.3 is 0 Å². The van der Waals surface area contributed by atoms with E-state index < -0.39 is 17.5 Å². The van der Waals surface area contributed by atoms with Gasteiger partial charge in [0.1, 0.15) is 11.6 Å². The number of rotatable bonds is 6. The van der Waals surface area contributed by atoms with Crippen molar-refractivity contribution in [3.05, 3.63) is 136 Å². The minimum absolute atomic E-state index is 0.0839. The lowest BCUT2D eigenvalue weighted by Crippen LogP contribution is -2.23. The Morgan fingerprint density at radius 3 is 2.50 bits per heavy atom. The first-order valence-electron chi connectivity index (χ1n) is 13.0. The molecule has 2 heterocycles. The van der Waals surface area contributed by atoms with Crippen LogP contribution in [0.25, 0.3) is 38.9 Å². The molecule has 0 saturated carbocycles. The lowest BCUT2D eigenvalue weighted by atomic mass is 9.94. The van der Waals surface area contributed by atoms with Crippen LogP contribution < -0.4 is 10.9 Å². The lowest BCUT2D eigenvalue weighted by molar-refractivity contribution is 0.0950. The molecule has 5 aromatic rings. The van der Waals surface area contributed by atoms with E-state index in [1.54, 1.807) is 36.5 Å². The third-order valence-electron chi connectivity index (χ3n) is 7.10. The number of fused-ring (bicyclic) bond motifs is 1. The fourth-order valence-electron chi connectivity index (χ4n) is 5.05. The molecule has 40 heavy (non-hydrogen) atoms. The highest BCUT2D eigenvalue weighted by Gasteiger charge is 2.19. The average molecular weight is 534 g/mol. The van der Waals surface area contributed by atoms with Crippen molar-refractivity contribution in [3.63, 3.8) is 0 Å². The van der Waals surface area contributed by atoms with Crippen molar-refractivity contribution >= 4 is 22.4 Å². The van der Waals surface area contributed by atoms with Crippen LogP contribution in [0.5, 0.6) is 0 Å². The van der Waals surface area contributed by atoms with Gasteiger partial charge in [-0.15, -0.1) is 0 Å². The Morgan fingerprint density at radius 1 is 0.925 bits per heavy atom. The van der Waals surface area contributed by atoms with Crippen LogP contribution in [0.4, 0.5) is 8.78 Å². The third kappa shape index (κ3) is 4.89. The standard InChI is InChI=1S/C33H25F2N3O2/c34-25-14-12-24(28(35)18-25)19-37-32(39)23-13-15-29-27(17-23)30(31(38-29)26-7-4-16-36-33(26)40)22-10-8-21(9-11-22)20-5-2-1-3-6-20/h2,4-18,38H,1,3,19H2,(H,36,40)(H,37,39). The number of allylic oxidation sites excluding steroid dienone is 4. The molecular weight excluding hydrogens is 508 g/mol. The SMILES string of the molecule is O=C(NCc1ccc(F)cc1F)c1ccc2[nH]c(-c3ccc[nH]c3=O)c(-c3ccc(C4=CCCC=C4)cc3)c2c1. The van der Waals surface area contributed by atoms with Crippen LogP contribution in [-0.2, 0) is 6.54 Å². The summed E-state index contributed by atoms with van der Waals surface area (Å²) in [6.45, 7) is -0.0839. The summed E-state index contributed by atoms with van der Waals surface area (Å²) in [7, 11) is 0. The highest BCUT2D eigenvalue weighted by Crippen LogP contribution is 2.38. The summed E-state index contributed by atoms with van der Waals surface area (Å²) in [6, 6.07) is 20.2. The summed E-state index contributed by atoms with van der Waals surface area (Å²) >= 11 is 0. The first kappa shape index (κ1) is 25.2. The van der Waals surface area contributed by atoms with E-state index in [0.29, 0.717) is 16.8 Å². The molecule has 0 aliphatic heterocycles. The van der Waals surface area contributed by atoms with Gasteiger partial charge in [0.15, 0.2) is 0 Å². The van der Waals surface area contributed by atoms with E-state index in [9.17, 15) is 18.4 Å². The van der Waals surface area contributed by atoms with Crippen molar-refractivity contribution in [1.82, 2.24) is 15.3 Å². The maximum absolute atomic E-state index is 14.1. The number of amides is 1. The molecule has 0 unspecified atom stereocenters. The minimum atomic E-state index is -0.718. The van der Waals surface area contributed by atoms with E-state index in [2.05, 4.69) is 45.6 Å². The Kier molecular flexibility index (Phi) is 6.70. The Morgan fingerprint density at radius 2 is 1.75 bits per heavy atom. The second-order valence-corrected chi connectivity index (χ2v) is 9.68. The Balaban J connectivity index is 1.41. The maximum atomic E-state index is 14.1. The number of halogens is 2. The smallest absolute Gasteiger partial charge is 0.257 e. The molecule has 0 spiro atoms. The van der Waals surface area contributed by atoms with Crippen molar-refractivity contribution in [1.29, 1.82) is 0 Å². The topological polar surface area (TPSA) is 77.8 Å². The zero-order valence-corrected chi connectivity index (χ0v) is 21.4. The van der Waals surface area contributed by atoms with Crippen LogP contribution in [0.15, 0.2) is 102 Å². The Labute approximate surface area is 228 Å². The van der Waals surface area contributed by atoms with Crippen LogP contribution in [0.2, 0.25) is 0 Å². The molecular formula is C33H25F2N3O2. The predicted molar refractivity (Wildman–Crippen MR) is 154 cm³/mol. The summed E-state index contributed by atoms with van der Waals surface area (Å²) in [5.41, 5.74) is 6.18. The number of pyridine rings is 1. The summed E-state index contributed by atoms with van der Waals surface area (Å²) in [4.78, 5) is 31.9. The number of aromatic amines is 2. The zero-order chi connectivity index (χ0) is 27.6. The Hall–Kier alpha value is -5.04. The quantitative estimate of drug-likeness (QED) is 0.217. The lowest BCUT2D eigenvalue weighted by Gasteiger charge is -2.10. The predicted octanol–water partition coefficient (Wildman–Crippen LogP) is 7.13. The van der Waals surface area contributed by atoms with Gasteiger partial charge in [0.2, 0.25) is 0 Å². The highest BCUT2D eigenvalue weighted by molar-refractivity contribution is 6.07. The number of benzene rings is 3. The molecule has 2 aromatic heterocycles. The number of hydrogen-bond acceptors (Lipinski definition) is 2. The molecule has 198 valence electrons. The van der Waals surface area contributed by atoms with Gasteiger partial charge in [-0.2, -0.15) is 0 Å². The summed E-state index contributed by atoms with van der Waals surface area (Å²) < 4.78 is 27.3. The van der Waals surface area contributed by atoms with Gasteiger partial charge in [-0.3, -0.25) is 9.59 Å². The fraction of sp³-hybridized carbons (Fsp3) is 0.0909. The molecule has 1 amide bonds. The summed E-state index contributed by atoms with van der Waals surface area (Å²) in [5, 5.41) is 3.48. The highest BCUT2D eigenvalue weighted by atomic mass is 19.1. The van der Waals surface area contributed by atoms with Gasteiger partial charge in [0.05, 0.1) is 11.3 Å². The van der Waals surface area contributed by atoms with Crippen LogP contribution in [0.1, 0.15) is 34.3 Å².